The van der Waals surface area contributed by atoms with Gasteiger partial charge in [0.2, 0.25) is 18.6 Å². The third-order valence-electron chi connectivity index (χ3n) is 7.52. The number of ether oxygens (including phenoxy) is 2. The molecule has 1 aliphatic heterocycles. The maximum atomic E-state index is 14.2. The Balaban J connectivity index is 1.43. The average Bonchev–Trinajstić information content (AvgIpc) is 3.73. The number of carbonyl (C=O) groups is 2. The van der Waals surface area contributed by atoms with Crippen LogP contribution in [0.25, 0.3) is 11.0 Å². The van der Waals surface area contributed by atoms with Crippen molar-refractivity contribution in [2.75, 3.05) is 11.7 Å². The molecular formula is C30H31N5O4. The Bertz CT molecular complexity index is 1490. The molecule has 200 valence electrons. The fourth-order valence-electron chi connectivity index (χ4n) is 5.41. The Labute approximate surface area is 226 Å². The van der Waals surface area contributed by atoms with Gasteiger partial charge >= 0.3 is 0 Å². The molecule has 6 rings (SSSR count). The summed E-state index contributed by atoms with van der Waals surface area (Å²) in [4.78, 5) is 29.8. The van der Waals surface area contributed by atoms with E-state index in [0.29, 0.717) is 22.7 Å². The number of hydrogen-bond acceptors (Lipinski definition) is 6. The quantitative estimate of drug-likeness (QED) is 0.362. The number of carbonyl (C=O) groups excluding carboxylic acids is 2. The Morgan fingerprint density at radius 3 is 2.59 bits per heavy atom. The molecule has 1 fully saturated rings. The van der Waals surface area contributed by atoms with E-state index in [1.54, 1.807) is 27.8 Å². The van der Waals surface area contributed by atoms with Crippen molar-refractivity contribution in [3.05, 3.63) is 77.9 Å². The fraction of sp³-hybridized carbons (Fsp3) is 0.333. The third kappa shape index (κ3) is 5.04. The molecule has 1 saturated carbocycles. The van der Waals surface area contributed by atoms with Gasteiger partial charge in [-0.1, -0.05) is 61.4 Å². The number of hydrogen-bond donors (Lipinski definition) is 1. The molecule has 39 heavy (non-hydrogen) atoms. The van der Waals surface area contributed by atoms with E-state index in [-0.39, 0.29) is 31.2 Å². The van der Waals surface area contributed by atoms with Crippen molar-refractivity contribution >= 4 is 28.5 Å². The molecule has 0 saturated heterocycles. The molecule has 2 amide bonds. The van der Waals surface area contributed by atoms with Crippen molar-refractivity contribution in [2.45, 2.75) is 57.7 Å². The molecule has 0 radical (unpaired) electrons. The number of para-hydroxylation sites is 1. The predicted octanol–water partition coefficient (Wildman–Crippen LogP) is 4.56. The van der Waals surface area contributed by atoms with Gasteiger partial charge in [-0.05, 0) is 54.7 Å². The summed E-state index contributed by atoms with van der Waals surface area (Å²) in [5, 5.41) is 11.7. The van der Waals surface area contributed by atoms with Gasteiger partial charge in [-0.3, -0.25) is 14.5 Å². The lowest BCUT2D eigenvalue weighted by molar-refractivity contribution is -0.127. The lowest BCUT2D eigenvalue weighted by atomic mass is 10.00. The van der Waals surface area contributed by atoms with Crippen LogP contribution in [-0.2, 0) is 22.6 Å². The molecule has 2 heterocycles. The number of fused-ring (bicyclic) bond motifs is 2. The van der Waals surface area contributed by atoms with E-state index in [4.69, 9.17) is 9.47 Å². The smallest absolute Gasteiger partial charge is 0.249 e. The van der Waals surface area contributed by atoms with Gasteiger partial charge in [0.1, 0.15) is 18.1 Å². The largest absolute Gasteiger partial charge is 0.454 e. The number of amides is 2. The standard InChI is InChI=1S/C30H31N5O4/c1-2-20-11-13-21(14-12-20)29(30(37)31-22-7-3-4-8-22)35(23-15-16-26-27(17-23)39-19-38-26)28(36)18-34-25-10-6-5-9-24(25)32-33-34/h5-6,9-17,22,29H,2-4,7-8,18-19H2,1H3,(H,31,37)/t29-/m1/s1. The molecule has 0 bridgehead atoms. The first-order valence-corrected chi connectivity index (χ1v) is 13.5. The minimum atomic E-state index is -0.890. The molecule has 2 aliphatic rings. The first-order chi connectivity index (χ1) is 19.1. The number of rotatable bonds is 8. The SMILES string of the molecule is CCc1ccc([C@H](C(=O)NC2CCCC2)N(C(=O)Cn2nnc3ccccc32)c2ccc3c(c2)OCO3)cc1. The van der Waals surface area contributed by atoms with Crippen molar-refractivity contribution in [3.8, 4) is 11.5 Å². The highest BCUT2D eigenvalue weighted by Crippen LogP contribution is 2.38. The number of anilines is 1. The second-order valence-corrected chi connectivity index (χ2v) is 10.0. The number of aromatic nitrogens is 3. The van der Waals surface area contributed by atoms with E-state index in [2.05, 4.69) is 22.6 Å². The predicted molar refractivity (Wildman–Crippen MR) is 147 cm³/mol. The van der Waals surface area contributed by atoms with Crippen molar-refractivity contribution in [1.82, 2.24) is 20.3 Å². The zero-order valence-electron chi connectivity index (χ0n) is 21.9. The Kier molecular flexibility index (Phi) is 6.87. The van der Waals surface area contributed by atoms with Gasteiger partial charge in [-0.15, -0.1) is 5.10 Å². The summed E-state index contributed by atoms with van der Waals surface area (Å²) in [5.41, 5.74) is 3.88. The Morgan fingerprint density at radius 2 is 1.79 bits per heavy atom. The minimum Gasteiger partial charge on any atom is -0.454 e. The zero-order valence-corrected chi connectivity index (χ0v) is 21.9. The molecule has 9 heteroatoms. The molecular weight excluding hydrogens is 494 g/mol. The first-order valence-electron chi connectivity index (χ1n) is 13.5. The minimum absolute atomic E-state index is 0.0881. The summed E-state index contributed by atoms with van der Waals surface area (Å²) in [5.74, 6) is 0.636. The molecule has 1 atom stereocenters. The van der Waals surface area contributed by atoms with Gasteiger partial charge in [0.25, 0.3) is 0 Å². The van der Waals surface area contributed by atoms with Gasteiger partial charge in [-0.25, -0.2) is 4.68 Å². The lowest BCUT2D eigenvalue weighted by Crippen LogP contribution is -2.47. The maximum Gasteiger partial charge on any atom is 0.249 e. The molecule has 0 spiro atoms. The Morgan fingerprint density at radius 1 is 1.03 bits per heavy atom. The second kappa shape index (κ2) is 10.8. The summed E-state index contributed by atoms with van der Waals surface area (Å²) in [7, 11) is 0. The van der Waals surface area contributed by atoms with Gasteiger partial charge < -0.3 is 14.8 Å². The van der Waals surface area contributed by atoms with Gasteiger partial charge in [0.05, 0.1) is 5.52 Å². The van der Waals surface area contributed by atoms with Crippen molar-refractivity contribution in [2.24, 2.45) is 0 Å². The molecule has 1 N–H and O–H groups in total. The highest BCUT2D eigenvalue weighted by Gasteiger charge is 2.35. The van der Waals surface area contributed by atoms with Gasteiger partial charge in [0.15, 0.2) is 11.5 Å². The van der Waals surface area contributed by atoms with Crippen LogP contribution in [0.3, 0.4) is 0 Å². The van der Waals surface area contributed by atoms with Crippen molar-refractivity contribution in [1.29, 1.82) is 0 Å². The lowest BCUT2D eigenvalue weighted by Gasteiger charge is -2.32. The molecule has 4 aromatic rings. The van der Waals surface area contributed by atoms with Crippen molar-refractivity contribution < 1.29 is 19.1 Å². The molecule has 1 aromatic heterocycles. The van der Waals surface area contributed by atoms with Crippen LogP contribution in [0.5, 0.6) is 11.5 Å². The van der Waals surface area contributed by atoms with E-state index in [1.165, 1.54) is 0 Å². The summed E-state index contributed by atoms with van der Waals surface area (Å²) >= 11 is 0. The molecule has 9 nitrogen and oxygen atoms in total. The second-order valence-electron chi connectivity index (χ2n) is 10.0. The molecule has 0 unspecified atom stereocenters. The molecule has 3 aromatic carbocycles. The van der Waals surface area contributed by atoms with E-state index >= 15 is 0 Å². The van der Waals surface area contributed by atoms with E-state index in [0.717, 1.165) is 48.7 Å². The highest BCUT2D eigenvalue weighted by molar-refractivity contribution is 6.02. The van der Waals surface area contributed by atoms with Crippen LogP contribution >= 0.6 is 0 Å². The average molecular weight is 526 g/mol. The van der Waals surface area contributed by atoms with E-state index in [1.807, 2.05) is 48.5 Å². The Hall–Kier alpha value is -4.40. The number of nitrogens with zero attached hydrogens (tertiary/aromatic N) is 4. The highest BCUT2D eigenvalue weighted by atomic mass is 16.7. The number of aryl methyl sites for hydroxylation is 1. The maximum absolute atomic E-state index is 14.2. The van der Waals surface area contributed by atoms with Crippen LogP contribution in [-0.4, -0.2) is 39.6 Å². The van der Waals surface area contributed by atoms with Crippen LogP contribution in [0.15, 0.2) is 66.7 Å². The third-order valence-corrected chi connectivity index (χ3v) is 7.52. The van der Waals surface area contributed by atoms with Gasteiger partial charge in [0, 0.05) is 17.8 Å². The number of benzene rings is 3. The normalized spacial score (nSPS) is 15.4. The van der Waals surface area contributed by atoms with Crippen LogP contribution in [0, 0.1) is 0 Å². The summed E-state index contributed by atoms with van der Waals surface area (Å²) in [6.45, 7) is 2.11. The fourth-order valence-corrected chi connectivity index (χ4v) is 5.41. The van der Waals surface area contributed by atoms with E-state index in [9.17, 15) is 9.59 Å². The summed E-state index contributed by atoms with van der Waals surface area (Å²) < 4.78 is 12.7. The first kappa shape index (κ1) is 24.9. The zero-order chi connectivity index (χ0) is 26.8. The summed E-state index contributed by atoms with van der Waals surface area (Å²) in [6, 6.07) is 19.9. The topological polar surface area (TPSA) is 98.6 Å². The van der Waals surface area contributed by atoms with Crippen LogP contribution < -0.4 is 19.7 Å². The van der Waals surface area contributed by atoms with Crippen LogP contribution in [0.2, 0.25) is 0 Å². The van der Waals surface area contributed by atoms with Crippen LogP contribution in [0.4, 0.5) is 5.69 Å². The number of nitrogens with one attached hydrogen (secondary N) is 1. The van der Waals surface area contributed by atoms with E-state index < -0.39 is 6.04 Å². The molecule has 1 aliphatic carbocycles. The monoisotopic (exact) mass is 525 g/mol. The van der Waals surface area contributed by atoms with Crippen molar-refractivity contribution in [3.63, 3.8) is 0 Å². The summed E-state index contributed by atoms with van der Waals surface area (Å²) in [6.07, 6.45) is 4.94. The van der Waals surface area contributed by atoms with Crippen LogP contribution in [0.1, 0.15) is 49.8 Å². The van der Waals surface area contributed by atoms with Gasteiger partial charge in [-0.2, -0.15) is 0 Å².